The predicted octanol–water partition coefficient (Wildman–Crippen LogP) is 6.98. The number of carbonyl (C=O) groups is 6. The first-order chi connectivity index (χ1) is 39.6. The van der Waals surface area contributed by atoms with E-state index in [2.05, 4.69) is 10.6 Å². The molecule has 2 heterocycles. The molecule has 3 aromatic carbocycles. The summed E-state index contributed by atoms with van der Waals surface area (Å²) in [6.45, 7) is 4.39. The number of ether oxygens (including phenoxy) is 7. The number of amides is 6. The Morgan fingerprint density at radius 2 is 0.939 bits per heavy atom. The van der Waals surface area contributed by atoms with Gasteiger partial charge in [-0.3, -0.25) is 19.2 Å². The third-order valence-corrected chi connectivity index (χ3v) is 15.3. The summed E-state index contributed by atoms with van der Waals surface area (Å²) in [5.41, 5.74) is 18.2. The van der Waals surface area contributed by atoms with E-state index in [0.29, 0.717) is 99.0 Å². The van der Waals surface area contributed by atoms with E-state index >= 15 is 0 Å². The second-order valence-corrected chi connectivity index (χ2v) is 21.6. The van der Waals surface area contributed by atoms with Crippen LogP contribution in [0.3, 0.4) is 0 Å². The number of primary amides is 2. The van der Waals surface area contributed by atoms with Crippen molar-refractivity contribution in [3.63, 3.8) is 0 Å². The van der Waals surface area contributed by atoms with E-state index in [-0.39, 0.29) is 44.8 Å². The minimum absolute atomic E-state index is 0.0263. The summed E-state index contributed by atoms with van der Waals surface area (Å²) in [6, 6.07) is 20.9. The van der Waals surface area contributed by atoms with Crippen LogP contribution in [0, 0.1) is 23.2 Å². The standard InChI is InChI=1S/C24H34ClN3O6.C24H32ClN3O5.C10H13ClN2O2/c25-19-9-5-4-8-18(19)15-33-16-20(22(26)29)27-24(31)34-21(14-17-6-2-1-3-7-17)23(30)28-10-12-32-13-11-28;25-21-9-5-4-8-19(21)16-32-17-20(15-26)27-24(30)33-22(14-18-6-2-1-3-7-18)23(29)28-10-12-31-13-11-28;11-8-4-2-1-3-7(8)5-15-6-9(12)10(13)14/h4-5,8-9,17,20-21H,1-3,6-7,10-16H2,(H2,26,29)(H,27,31);4-5,8-9,18,20,22H,1-3,6-7,10-14,16-17H2,(H,27,30);1-4,9H,5-6,12H2,(H2,13,14)/t20-,21-;20-,22+;9-/m010/s1. The highest BCUT2D eigenvalue weighted by atomic mass is 35.5. The van der Waals surface area contributed by atoms with Crippen LogP contribution in [0.2, 0.25) is 15.1 Å². The van der Waals surface area contributed by atoms with E-state index < -0.39 is 54.3 Å². The molecule has 8 N–H and O–H groups in total. The molecule has 7 rings (SSSR count). The van der Waals surface area contributed by atoms with Gasteiger partial charge < -0.3 is 70.8 Å². The van der Waals surface area contributed by atoms with E-state index in [4.69, 9.17) is 85.2 Å². The van der Waals surface area contributed by atoms with Gasteiger partial charge in [0.1, 0.15) is 18.1 Å². The van der Waals surface area contributed by atoms with Crippen molar-refractivity contribution in [2.75, 3.05) is 72.4 Å². The lowest BCUT2D eigenvalue weighted by Crippen LogP contribution is -2.51. The van der Waals surface area contributed by atoms with Crippen molar-refractivity contribution >= 4 is 70.6 Å². The molecule has 6 amide bonds. The molecular weight excluding hydrogens is 1120 g/mol. The Morgan fingerprint density at radius 1 is 0.561 bits per heavy atom. The molecular formula is C58H79Cl3N8O13. The lowest BCUT2D eigenvalue weighted by molar-refractivity contribution is -0.146. The van der Waals surface area contributed by atoms with E-state index in [0.717, 1.165) is 68.1 Å². The van der Waals surface area contributed by atoms with Gasteiger partial charge in [-0.15, -0.1) is 0 Å². The number of rotatable bonds is 24. The van der Waals surface area contributed by atoms with Crippen molar-refractivity contribution in [1.82, 2.24) is 20.4 Å². The fourth-order valence-corrected chi connectivity index (χ4v) is 10.1. The highest BCUT2D eigenvalue weighted by Crippen LogP contribution is 2.30. The number of nitrogens with zero attached hydrogens (tertiary/aromatic N) is 3. The number of halogens is 3. The fourth-order valence-electron chi connectivity index (χ4n) is 9.54. The number of hydrogen-bond acceptors (Lipinski definition) is 15. The van der Waals surface area contributed by atoms with Gasteiger partial charge in [0.05, 0.1) is 72.1 Å². The van der Waals surface area contributed by atoms with Gasteiger partial charge in [0.25, 0.3) is 11.8 Å². The lowest BCUT2D eigenvalue weighted by Gasteiger charge is -2.32. The Hall–Kier alpha value is -5.80. The average molecular weight is 1200 g/mol. The molecule has 24 heteroatoms. The lowest BCUT2D eigenvalue weighted by atomic mass is 9.85. The van der Waals surface area contributed by atoms with E-state index in [1.165, 1.54) is 12.8 Å². The molecule has 21 nitrogen and oxygen atoms in total. The number of nitriles is 1. The molecule has 4 aliphatic rings. The maximum Gasteiger partial charge on any atom is 0.409 e. The minimum Gasteiger partial charge on any atom is -0.436 e. The van der Waals surface area contributed by atoms with Crippen molar-refractivity contribution in [2.45, 2.75) is 127 Å². The summed E-state index contributed by atoms with van der Waals surface area (Å²) >= 11 is 18.1. The van der Waals surface area contributed by atoms with Gasteiger partial charge in [0.2, 0.25) is 11.8 Å². The van der Waals surface area contributed by atoms with Crippen LogP contribution >= 0.6 is 34.8 Å². The number of nitrogens with one attached hydrogen (secondary N) is 2. The third-order valence-electron chi connectivity index (χ3n) is 14.2. The van der Waals surface area contributed by atoms with E-state index in [1.54, 1.807) is 40.1 Å². The maximum atomic E-state index is 13.1. The minimum atomic E-state index is -1.11. The SMILES string of the molecule is N#C[C@H](COCc1ccccc1Cl)NC(=O)O[C@@H](CC1CCCCC1)C(=O)N1CCOCC1.NC(=O)[C@@H](N)COCc1ccccc1Cl.NC(=O)[C@H](COCc1ccccc1Cl)NC(=O)O[C@@H](CC1CCCCC1)C(=O)N1CCOCC1. The predicted molar refractivity (Wildman–Crippen MR) is 307 cm³/mol. The van der Waals surface area contributed by atoms with Gasteiger partial charge in [0, 0.05) is 41.2 Å². The van der Waals surface area contributed by atoms with Crippen LogP contribution in [0.1, 0.15) is 93.7 Å². The molecule has 2 saturated heterocycles. The zero-order valence-corrected chi connectivity index (χ0v) is 48.6. The smallest absolute Gasteiger partial charge is 0.409 e. The number of carbonyl (C=O) groups excluding carboxylic acids is 6. The molecule has 450 valence electrons. The summed E-state index contributed by atoms with van der Waals surface area (Å²) < 4.78 is 38.1. The summed E-state index contributed by atoms with van der Waals surface area (Å²) in [6.07, 6.45) is 8.52. The van der Waals surface area contributed by atoms with Gasteiger partial charge in [-0.2, -0.15) is 5.26 Å². The zero-order chi connectivity index (χ0) is 59.1. The van der Waals surface area contributed by atoms with Gasteiger partial charge in [-0.25, -0.2) is 9.59 Å². The maximum absolute atomic E-state index is 13.1. The van der Waals surface area contributed by atoms with Crippen molar-refractivity contribution in [1.29, 1.82) is 5.26 Å². The molecule has 2 aliphatic carbocycles. The highest BCUT2D eigenvalue weighted by molar-refractivity contribution is 6.32. The first-order valence-corrected chi connectivity index (χ1v) is 29.1. The molecule has 0 aromatic heterocycles. The van der Waals surface area contributed by atoms with E-state index in [1.807, 2.05) is 48.5 Å². The fraction of sp³-hybridized carbons (Fsp3) is 0.569. The molecule has 0 radical (unpaired) electrons. The number of hydrogen-bond donors (Lipinski definition) is 5. The second kappa shape index (κ2) is 37.4. The topological polar surface area (TPSA) is 299 Å². The van der Waals surface area contributed by atoms with Crippen LogP contribution < -0.4 is 27.8 Å². The van der Waals surface area contributed by atoms with Gasteiger partial charge in [-0.05, 0) is 59.6 Å². The number of nitrogens with two attached hydrogens (primary N) is 3. The highest BCUT2D eigenvalue weighted by Gasteiger charge is 2.35. The zero-order valence-electron chi connectivity index (χ0n) is 46.4. The molecule has 4 fully saturated rings. The van der Waals surface area contributed by atoms with Crippen LogP contribution in [0.5, 0.6) is 0 Å². The summed E-state index contributed by atoms with van der Waals surface area (Å²) in [5, 5.41) is 16.1. The van der Waals surface area contributed by atoms with Crippen LogP contribution in [0.4, 0.5) is 9.59 Å². The number of benzene rings is 3. The van der Waals surface area contributed by atoms with Gasteiger partial charge in [0.15, 0.2) is 12.2 Å². The Bertz CT molecular complexity index is 2500. The monoisotopic (exact) mass is 1200 g/mol. The quantitative estimate of drug-likeness (QED) is 0.0605. The second-order valence-electron chi connectivity index (χ2n) is 20.4. The Kier molecular flexibility index (Phi) is 30.6. The Labute approximate surface area is 495 Å². The summed E-state index contributed by atoms with van der Waals surface area (Å²) in [7, 11) is 0. The largest absolute Gasteiger partial charge is 0.436 e. The molecule has 3 aromatic rings. The third kappa shape index (κ3) is 24.6. The first kappa shape index (κ1) is 67.0. The first-order valence-electron chi connectivity index (χ1n) is 28.0. The van der Waals surface area contributed by atoms with Crippen molar-refractivity contribution in [3.8, 4) is 6.07 Å². The molecule has 2 aliphatic heterocycles. The molecule has 0 unspecified atom stereocenters. The van der Waals surface area contributed by atoms with Crippen molar-refractivity contribution in [3.05, 3.63) is 105 Å². The van der Waals surface area contributed by atoms with Crippen LogP contribution in [-0.2, 0) is 72.2 Å². The molecule has 0 spiro atoms. The van der Waals surface area contributed by atoms with Crippen molar-refractivity contribution in [2.24, 2.45) is 29.0 Å². The summed E-state index contributed by atoms with van der Waals surface area (Å²) in [5.74, 6) is -1.08. The Morgan fingerprint density at radius 3 is 1.32 bits per heavy atom. The van der Waals surface area contributed by atoms with Crippen LogP contribution in [-0.4, -0.2) is 148 Å². The number of morpholine rings is 2. The van der Waals surface area contributed by atoms with Crippen molar-refractivity contribution < 1.29 is 61.9 Å². The normalized spacial score (nSPS) is 17.5. The van der Waals surface area contributed by atoms with Crippen LogP contribution in [0.15, 0.2) is 72.8 Å². The molecule has 0 bridgehead atoms. The molecule has 2 saturated carbocycles. The van der Waals surface area contributed by atoms with Gasteiger partial charge >= 0.3 is 12.2 Å². The molecule has 5 atom stereocenters. The summed E-state index contributed by atoms with van der Waals surface area (Å²) in [4.78, 5) is 77.3. The van der Waals surface area contributed by atoms with E-state index in [9.17, 15) is 34.0 Å². The average Bonchev–Trinajstić information content (AvgIpc) is 3.50. The Balaban J connectivity index is 0.000000242. The van der Waals surface area contributed by atoms with Gasteiger partial charge in [-0.1, -0.05) is 154 Å². The number of alkyl carbamates (subject to hydrolysis) is 2. The van der Waals surface area contributed by atoms with Crippen LogP contribution in [0.25, 0.3) is 0 Å². The molecule has 82 heavy (non-hydrogen) atoms.